The second-order valence-electron chi connectivity index (χ2n) is 5.43. The van der Waals surface area contributed by atoms with E-state index in [4.69, 9.17) is 0 Å². The minimum atomic E-state index is 0.647. The predicted molar refractivity (Wildman–Crippen MR) is 74.9 cm³/mol. The third-order valence-electron chi connectivity index (χ3n) is 3.91. The average Bonchev–Trinajstić information content (AvgIpc) is 2.59. The van der Waals surface area contributed by atoms with Crippen LogP contribution in [-0.2, 0) is 6.42 Å². The first kappa shape index (κ1) is 12.2. The molecule has 0 heterocycles. The molecule has 0 aliphatic heterocycles. The Morgan fingerprint density at radius 3 is 2.24 bits per heavy atom. The monoisotopic (exact) mass is 226 g/mol. The molecule has 1 aliphatic rings. The molecule has 0 radical (unpaired) electrons. The maximum absolute atomic E-state index is 2.47. The Hall–Kier alpha value is -1.30. The number of rotatable bonds is 3. The maximum atomic E-state index is 2.47. The lowest BCUT2D eigenvalue weighted by Gasteiger charge is -2.14. The molecule has 0 N–H and O–H groups in total. The van der Waals surface area contributed by atoms with E-state index in [2.05, 4.69) is 64.1 Å². The van der Waals surface area contributed by atoms with E-state index in [0.29, 0.717) is 11.8 Å². The van der Waals surface area contributed by atoms with Crippen molar-refractivity contribution in [1.82, 2.24) is 0 Å². The van der Waals surface area contributed by atoms with Crippen molar-refractivity contribution in [2.75, 3.05) is 0 Å². The molecule has 0 fully saturated rings. The summed E-state index contributed by atoms with van der Waals surface area (Å²) in [7, 11) is 0. The highest BCUT2D eigenvalue weighted by atomic mass is 14.3. The van der Waals surface area contributed by atoms with Gasteiger partial charge in [-0.2, -0.15) is 0 Å². The van der Waals surface area contributed by atoms with Crippen LogP contribution in [0.1, 0.15) is 33.3 Å². The maximum Gasteiger partial charge on any atom is 0.000885 e. The van der Waals surface area contributed by atoms with Gasteiger partial charge in [-0.15, -0.1) is 0 Å². The highest BCUT2D eigenvalue weighted by molar-refractivity contribution is 5.45. The molecule has 0 saturated heterocycles. The smallest absolute Gasteiger partial charge is 0.000885 e. The summed E-state index contributed by atoms with van der Waals surface area (Å²) in [6.07, 6.45) is 3.55. The van der Waals surface area contributed by atoms with Gasteiger partial charge in [0.25, 0.3) is 0 Å². The fourth-order valence-corrected chi connectivity index (χ4v) is 2.67. The number of hydrogen-bond acceptors (Lipinski definition) is 0. The molecule has 0 unspecified atom stereocenters. The summed E-state index contributed by atoms with van der Waals surface area (Å²) in [5.74, 6) is 1.35. The molecule has 90 valence electrons. The van der Waals surface area contributed by atoms with Crippen LogP contribution in [0.15, 0.2) is 53.1 Å². The van der Waals surface area contributed by atoms with Crippen molar-refractivity contribution in [1.29, 1.82) is 0 Å². The molecule has 0 amide bonds. The molecule has 0 spiro atoms. The summed E-state index contributed by atoms with van der Waals surface area (Å²) >= 11 is 0. The second kappa shape index (κ2) is 4.91. The Labute approximate surface area is 105 Å². The highest BCUT2D eigenvalue weighted by Gasteiger charge is 2.22. The van der Waals surface area contributed by atoms with Crippen LogP contribution >= 0.6 is 0 Å². The molecule has 0 saturated carbocycles. The molecule has 0 heteroatoms. The molecule has 0 bridgehead atoms. The van der Waals surface area contributed by atoms with Crippen LogP contribution < -0.4 is 0 Å². The molecule has 2 rings (SSSR count). The number of allylic oxidation sites excluding steroid dienone is 4. The van der Waals surface area contributed by atoms with Crippen LogP contribution in [0.3, 0.4) is 0 Å². The van der Waals surface area contributed by atoms with E-state index in [9.17, 15) is 0 Å². The van der Waals surface area contributed by atoms with E-state index in [-0.39, 0.29) is 0 Å². The van der Waals surface area contributed by atoms with Gasteiger partial charge in [0.15, 0.2) is 0 Å². The summed E-state index contributed by atoms with van der Waals surface area (Å²) in [5, 5.41) is 0. The SMILES string of the molecule is CC1=C(C)[C@@H](C(C)C)C=C1Cc1ccccc1. The van der Waals surface area contributed by atoms with Crippen molar-refractivity contribution >= 4 is 0 Å². The zero-order valence-corrected chi connectivity index (χ0v) is 11.3. The standard InChI is InChI=1S/C17H22/c1-12(2)17-11-16(13(3)14(17)4)10-15-8-6-5-7-9-15/h5-9,11-12,17H,10H2,1-4H3/t17-/m1/s1. The third kappa shape index (κ3) is 2.52. The zero-order valence-electron chi connectivity index (χ0n) is 11.3. The van der Waals surface area contributed by atoms with Gasteiger partial charge < -0.3 is 0 Å². The molecule has 1 aromatic carbocycles. The van der Waals surface area contributed by atoms with Gasteiger partial charge in [0, 0.05) is 5.92 Å². The average molecular weight is 226 g/mol. The van der Waals surface area contributed by atoms with Crippen molar-refractivity contribution in [2.24, 2.45) is 11.8 Å². The third-order valence-corrected chi connectivity index (χ3v) is 3.91. The Morgan fingerprint density at radius 2 is 1.71 bits per heavy atom. The topological polar surface area (TPSA) is 0 Å². The molecular weight excluding hydrogens is 204 g/mol. The van der Waals surface area contributed by atoms with Crippen molar-refractivity contribution in [2.45, 2.75) is 34.1 Å². The lowest BCUT2D eigenvalue weighted by Crippen LogP contribution is -2.04. The Balaban J connectivity index is 2.21. The molecule has 0 aromatic heterocycles. The van der Waals surface area contributed by atoms with E-state index in [1.807, 2.05) is 0 Å². The Bertz CT molecular complexity index is 446. The summed E-state index contributed by atoms with van der Waals surface area (Å²) in [6, 6.07) is 10.8. The summed E-state index contributed by atoms with van der Waals surface area (Å²) in [6.45, 7) is 9.17. The summed E-state index contributed by atoms with van der Waals surface area (Å²) in [5.41, 5.74) is 6.00. The van der Waals surface area contributed by atoms with Gasteiger partial charge in [0.05, 0.1) is 0 Å². The van der Waals surface area contributed by atoms with Crippen LogP contribution in [0.25, 0.3) is 0 Å². The van der Waals surface area contributed by atoms with E-state index in [0.717, 1.165) is 6.42 Å². The lowest BCUT2D eigenvalue weighted by atomic mass is 9.91. The summed E-state index contributed by atoms with van der Waals surface area (Å²) < 4.78 is 0. The van der Waals surface area contributed by atoms with Gasteiger partial charge in [-0.1, -0.05) is 55.8 Å². The first-order valence-electron chi connectivity index (χ1n) is 6.52. The molecule has 1 atom stereocenters. The molecule has 17 heavy (non-hydrogen) atoms. The van der Waals surface area contributed by atoms with Gasteiger partial charge in [-0.25, -0.2) is 0 Å². The molecule has 0 nitrogen and oxygen atoms in total. The summed E-state index contributed by atoms with van der Waals surface area (Å²) in [4.78, 5) is 0. The largest absolute Gasteiger partial charge is 0.0733 e. The van der Waals surface area contributed by atoms with Gasteiger partial charge in [-0.3, -0.25) is 0 Å². The van der Waals surface area contributed by atoms with Crippen molar-refractivity contribution in [3.8, 4) is 0 Å². The normalized spacial score (nSPS) is 20.1. The van der Waals surface area contributed by atoms with E-state index in [1.165, 1.54) is 16.7 Å². The fraction of sp³-hybridized carbons (Fsp3) is 0.412. The first-order chi connectivity index (χ1) is 8.09. The number of hydrogen-bond donors (Lipinski definition) is 0. The lowest BCUT2D eigenvalue weighted by molar-refractivity contribution is 0.530. The van der Waals surface area contributed by atoms with Gasteiger partial charge in [-0.05, 0) is 42.9 Å². The predicted octanol–water partition coefficient (Wildman–Crippen LogP) is 4.78. The van der Waals surface area contributed by atoms with Crippen molar-refractivity contribution in [3.63, 3.8) is 0 Å². The van der Waals surface area contributed by atoms with Crippen LogP contribution in [0, 0.1) is 11.8 Å². The minimum absolute atomic E-state index is 0.647. The Kier molecular flexibility index (Phi) is 3.51. The molecule has 1 aromatic rings. The first-order valence-corrected chi connectivity index (χ1v) is 6.52. The van der Waals surface area contributed by atoms with Crippen LogP contribution in [0.4, 0.5) is 0 Å². The highest BCUT2D eigenvalue weighted by Crippen LogP contribution is 2.36. The van der Waals surface area contributed by atoms with Crippen LogP contribution in [-0.4, -0.2) is 0 Å². The van der Waals surface area contributed by atoms with Gasteiger partial charge >= 0.3 is 0 Å². The van der Waals surface area contributed by atoms with E-state index >= 15 is 0 Å². The van der Waals surface area contributed by atoms with Gasteiger partial charge in [0.1, 0.15) is 0 Å². The van der Waals surface area contributed by atoms with E-state index < -0.39 is 0 Å². The van der Waals surface area contributed by atoms with Crippen molar-refractivity contribution in [3.05, 3.63) is 58.7 Å². The molecule has 1 aliphatic carbocycles. The second-order valence-corrected chi connectivity index (χ2v) is 5.43. The van der Waals surface area contributed by atoms with Crippen LogP contribution in [0.5, 0.6) is 0 Å². The minimum Gasteiger partial charge on any atom is -0.0733 e. The van der Waals surface area contributed by atoms with E-state index in [1.54, 1.807) is 5.57 Å². The van der Waals surface area contributed by atoms with Crippen LogP contribution in [0.2, 0.25) is 0 Å². The quantitative estimate of drug-likeness (QED) is 0.696. The fourth-order valence-electron chi connectivity index (χ4n) is 2.67. The zero-order chi connectivity index (χ0) is 12.4. The van der Waals surface area contributed by atoms with Crippen molar-refractivity contribution < 1.29 is 0 Å². The Morgan fingerprint density at radius 1 is 1.06 bits per heavy atom. The number of benzene rings is 1. The van der Waals surface area contributed by atoms with Gasteiger partial charge in [0.2, 0.25) is 0 Å². The molecular formula is C17H22.